The molecule has 0 fully saturated rings. The first-order chi connectivity index (χ1) is 8.16. The number of Topliss-reactive ketones (excluding diaryl/α,β-unsaturated/α-hetero) is 1. The highest BCUT2D eigenvalue weighted by atomic mass is 79.9. The summed E-state index contributed by atoms with van der Waals surface area (Å²) in [6.45, 7) is 1.84. The zero-order valence-corrected chi connectivity index (χ0v) is 10.9. The number of carbonyl (C=O) groups excluding carboxylic acids is 1. The van der Waals surface area contributed by atoms with Crippen LogP contribution in [-0.2, 0) is 6.42 Å². The number of halogens is 1. The van der Waals surface area contributed by atoms with Crippen molar-refractivity contribution in [2.45, 2.75) is 13.3 Å². The molecule has 0 atom stereocenters. The van der Waals surface area contributed by atoms with Crippen LogP contribution in [0.5, 0.6) is 0 Å². The summed E-state index contributed by atoms with van der Waals surface area (Å²) in [6, 6.07) is 5.48. The van der Waals surface area contributed by atoms with Crippen LogP contribution in [-0.4, -0.2) is 15.8 Å². The molecule has 0 unspecified atom stereocenters. The summed E-state index contributed by atoms with van der Waals surface area (Å²) in [6.07, 6.45) is 5.43. The maximum Gasteiger partial charge on any atom is 0.169 e. The fourth-order valence-corrected chi connectivity index (χ4v) is 2.02. The molecule has 0 aliphatic heterocycles. The van der Waals surface area contributed by atoms with E-state index in [1.165, 1.54) is 0 Å². The van der Waals surface area contributed by atoms with Crippen molar-refractivity contribution in [2.24, 2.45) is 0 Å². The van der Waals surface area contributed by atoms with E-state index in [0.29, 0.717) is 12.0 Å². The average molecular weight is 291 g/mol. The van der Waals surface area contributed by atoms with Gasteiger partial charge >= 0.3 is 0 Å². The summed E-state index contributed by atoms with van der Waals surface area (Å²) >= 11 is 3.34. The molecule has 0 amide bonds. The molecule has 2 aromatic rings. The standard InChI is InChI=1S/C13H11BrN2O/c1-9-12(3-2-4-16-9)13(17)6-10-5-11(14)8-15-7-10/h2-5,7-8H,6H2,1H3. The van der Waals surface area contributed by atoms with E-state index in [9.17, 15) is 4.79 Å². The molecule has 0 saturated heterocycles. The Hall–Kier alpha value is -1.55. The summed E-state index contributed by atoms with van der Waals surface area (Å²) in [7, 11) is 0. The molecule has 0 aliphatic rings. The first kappa shape index (κ1) is 11.9. The minimum Gasteiger partial charge on any atom is -0.294 e. The third-order valence-corrected chi connectivity index (χ3v) is 2.87. The number of aromatic nitrogens is 2. The second-order valence-corrected chi connectivity index (χ2v) is 4.66. The quantitative estimate of drug-likeness (QED) is 0.816. The van der Waals surface area contributed by atoms with Crippen LogP contribution in [0.1, 0.15) is 21.6 Å². The van der Waals surface area contributed by atoms with Crippen molar-refractivity contribution < 1.29 is 4.79 Å². The van der Waals surface area contributed by atoms with Crippen molar-refractivity contribution in [3.8, 4) is 0 Å². The average Bonchev–Trinajstić information content (AvgIpc) is 2.29. The first-order valence-corrected chi connectivity index (χ1v) is 6.00. The summed E-state index contributed by atoms with van der Waals surface area (Å²) in [5.74, 6) is 0.0653. The maximum absolute atomic E-state index is 12.1. The monoisotopic (exact) mass is 290 g/mol. The Kier molecular flexibility index (Phi) is 3.64. The molecule has 2 rings (SSSR count). The van der Waals surface area contributed by atoms with Gasteiger partial charge in [0.05, 0.1) is 0 Å². The van der Waals surface area contributed by atoms with Crippen molar-refractivity contribution >= 4 is 21.7 Å². The maximum atomic E-state index is 12.1. The second kappa shape index (κ2) is 5.19. The highest BCUT2D eigenvalue weighted by Gasteiger charge is 2.10. The zero-order chi connectivity index (χ0) is 12.3. The fraction of sp³-hybridized carbons (Fsp3) is 0.154. The zero-order valence-electron chi connectivity index (χ0n) is 9.35. The van der Waals surface area contributed by atoms with Crippen LogP contribution >= 0.6 is 15.9 Å². The Morgan fingerprint density at radius 3 is 2.94 bits per heavy atom. The van der Waals surface area contributed by atoms with Crippen LogP contribution in [0.3, 0.4) is 0 Å². The molecule has 0 saturated carbocycles. The lowest BCUT2D eigenvalue weighted by Gasteiger charge is -2.04. The van der Waals surface area contributed by atoms with Crippen molar-refractivity contribution in [3.63, 3.8) is 0 Å². The van der Waals surface area contributed by atoms with Crippen LogP contribution in [0.15, 0.2) is 41.3 Å². The SMILES string of the molecule is Cc1ncccc1C(=O)Cc1cncc(Br)c1. The lowest BCUT2D eigenvalue weighted by molar-refractivity contribution is 0.0992. The number of rotatable bonds is 3. The lowest BCUT2D eigenvalue weighted by atomic mass is 10.0. The number of nitrogens with zero attached hydrogens (tertiary/aromatic N) is 2. The lowest BCUT2D eigenvalue weighted by Crippen LogP contribution is -2.06. The predicted octanol–water partition coefficient (Wildman–Crippen LogP) is 2.97. The summed E-state index contributed by atoms with van der Waals surface area (Å²) in [5.41, 5.74) is 2.33. The molecule has 2 heterocycles. The van der Waals surface area contributed by atoms with E-state index in [1.54, 1.807) is 30.7 Å². The molecule has 0 radical (unpaired) electrons. The highest BCUT2D eigenvalue weighted by Crippen LogP contribution is 2.13. The van der Waals surface area contributed by atoms with E-state index in [1.807, 2.05) is 13.0 Å². The van der Waals surface area contributed by atoms with Crippen molar-refractivity contribution in [3.05, 3.63) is 58.1 Å². The van der Waals surface area contributed by atoms with Gasteiger partial charge in [0.1, 0.15) is 0 Å². The largest absolute Gasteiger partial charge is 0.294 e. The van der Waals surface area contributed by atoms with Crippen molar-refractivity contribution in [1.82, 2.24) is 9.97 Å². The van der Waals surface area contributed by atoms with E-state index in [-0.39, 0.29) is 5.78 Å². The predicted molar refractivity (Wildman–Crippen MR) is 68.9 cm³/mol. The van der Waals surface area contributed by atoms with Gasteiger partial charge in [0.25, 0.3) is 0 Å². The van der Waals surface area contributed by atoms with Crippen molar-refractivity contribution in [2.75, 3.05) is 0 Å². The summed E-state index contributed by atoms with van der Waals surface area (Å²) in [4.78, 5) is 20.2. The van der Waals surface area contributed by atoms with Gasteiger partial charge in [-0.3, -0.25) is 14.8 Å². The molecule has 17 heavy (non-hydrogen) atoms. The minimum absolute atomic E-state index is 0.0653. The number of hydrogen-bond acceptors (Lipinski definition) is 3. The van der Waals surface area contributed by atoms with E-state index in [0.717, 1.165) is 15.7 Å². The van der Waals surface area contributed by atoms with E-state index in [4.69, 9.17) is 0 Å². The van der Waals surface area contributed by atoms with Crippen LogP contribution in [0.25, 0.3) is 0 Å². The Morgan fingerprint density at radius 2 is 2.24 bits per heavy atom. The molecule has 4 heteroatoms. The molecule has 2 aromatic heterocycles. The van der Waals surface area contributed by atoms with Gasteiger partial charge in [-0.15, -0.1) is 0 Å². The molecular formula is C13H11BrN2O. The Bertz CT molecular complexity index is 555. The van der Waals surface area contributed by atoms with Gasteiger partial charge in [-0.25, -0.2) is 0 Å². The van der Waals surface area contributed by atoms with Gasteiger partial charge in [0.15, 0.2) is 5.78 Å². The number of carbonyl (C=O) groups is 1. The van der Waals surface area contributed by atoms with Gasteiger partial charge in [-0.2, -0.15) is 0 Å². The van der Waals surface area contributed by atoms with Gasteiger partial charge in [0, 0.05) is 40.7 Å². The van der Waals surface area contributed by atoms with Gasteiger partial charge in [0.2, 0.25) is 0 Å². The molecule has 3 nitrogen and oxygen atoms in total. The van der Waals surface area contributed by atoms with E-state index >= 15 is 0 Å². The van der Waals surface area contributed by atoms with Crippen LogP contribution in [0.4, 0.5) is 0 Å². The van der Waals surface area contributed by atoms with Gasteiger partial charge < -0.3 is 0 Å². The van der Waals surface area contributed by atoms with Crippen LogP contribution < -0.4 is 0 Å². The molecule has 0 spiro atoms. The minimum atomic E-state index is 0.0653. The fourth-order valence-electron chi connectivity index (χ4n) is 1.61. The Labute approximate surface area is 108 Å². The number of ketones is 1. The number of aryl methyl sites for hydroxylation is 1. The molecule has 0 N–H and O–H groups in total. The smallest absolute Gasteiger partial charge is 0.169 e. The Balaban J connectivity index is 2.20. The molecule has 0 aliphatic carbocycles. The first-order valence-electron chi connectivity index (χ1n) is 5.21. The number of pyridine rings is 2. The number of hydrogen-bond donors (Lipinski definition) is 0. The van der Waals surface area contributed by atoms with Crippen LogP contribution in [0, 0.1) is 6.92 Å². The third-order valence-electron chi connectivity index (χ3n) is 2.43. The van der Waals surface area contributed by atoms with Gasteiger partial charge in [-0.05, 0) is 46.6 Å². The Morgan fingerprint density at radius 1 is 1.41 bits per heavy atom. The van der Waals surface area contributed by atoms with E-state index < -0.39 is 0 Å². The molecule has 86 valence electrons. The summed E-state index contributed by atoms with van der Waals surface area (Å²) < 4.78 is 0.880. The summed E-state index contributed by atoms with van der Waals surface area (Å²) in [5, 5.41) is 0. The topological polar surface area (TPSA) is 42.9 Å². The third kappa shape index (κ3) is 2.97. The van der Waals surface area contributed by atoms with Crippen LogP contribution in [0.2, 0.25) is 0 Å². The van der Waals surface area contributed by atoms with Gasteiger partial charge in [-0.1, -0.05) is 0 Å². The molecular weight excluding hydrogens is 280 g/mol. The molecule has 0 aromatic carbocycles. The van der Waals surface area contributed by atoms with Crippen molar-refractivity contribution in [1.29, 1.82) is 0 Å². The normalized spacial score (nSPS) is 10.2. The highest BCUT2D eigenvalue weighted by molar-refractivity contribution is 9.10. The second-order valence-electron chi connectivity index (χ2n) is 3.75. The van der Waals surface area contributed by atoms with E-state index in [2.05, 4.69) is 25.9 Å². The molecule has 0 bridgehead atoms.